The molecule has 0 radical (unpaired) electrons. The van der Waals surface area contributed by atoms with Gasteiger partial charge in [-0.1, -0.05) is 52.3 Å². The lowest BCUT2D eigenvalue weighted by molar-refractivity contribution is 0.252. The molecule has 0 amide bonds. The van der Waals surface area contributed by atoms with E-state index in [-0.39, 0.29) is 6.10 Å². The van der Waals surface area contributed by atoms with Crippen LogP contribution in [0.25, 0.3) is 6.08 Å². The van der Waals surface area contributed by atoms with Crippen LogP contribution < -0.4 is 4.74 Å². The molecular weight excluding hydrogens is 276 g/mol. The predicted octanol–water partition coefficient (Wildman–Crippen LogP) is 4.60. The lowest BCUT2D eigenvalue weighted by Gasteiger charge is -2.21. The maximum atomic E-state index is 5.97. The molecule has 17 heavy (non-hydrogen) atoms. The molecule has 0 spiro atoms. The molecule has 0 aromatic heterocycles. The van der Waals surface area contributed by atoms with Crippen LogP contribution in [0.4, 0.5) is 0 Å². The van der Waals surface area contributed by atoms with Gasteiger partial charge in [0.05, 0.1) is 0 Å². The molecule has 1 heterocycles. The topological polar surface area (TPSA) is 9.23 Å². The Morgan fingerprint density at radius 1 is 1.00 bits per heavy atom. The van der Waals surface area contributed by atoms with E-state index in [9.17, 15) is 0 Å². The summed E-state index contributed by atoms with van der Waals surface area (Å²) in [6.45, 7) is 0. The standard InChI is InChI=1S/C15H11BrO/c16-13-7-9-15-12(10-13)6-8-14(17-15)11-4-2-1-3-5-11/h1-10,14H. The van der Waals surface area contributed by atoms with Crippen molar-refractivity contribution in [2.24, 2.45) is 0 Å². The van der Waals surface area contributed by atoms with Gasteiger partial charge in [0.25, 0.3) is 0 Å². The van der Waals surface area contributed by atoms with Crippen LogP contribution in [0.3, 0.4) is 0 Å². The second-order valence-electron chi connectivity index (χ2n) is 3.99. The van der Waals surface area contributed by atoms with E-state index < -0.39 is 0 Å². The summed E-state index contributed by atoms with van der Waals surface area (Å²) in [6, 6.07) is 16.3. The summed E-state index contributed by atoms with van der Waals surface area (Å²) in [7, 11) is 0. The minimum Gasteiger partial charge on any atom is -0.481 e. The van der Waals surface area contributed by atoms with Crippen molar-refractivity contribution in [2.45, 2.75) is 6.10 Å². The summed E-state index contributed by atoms with van der Waals surface area (Å²) in [4.78, 5) is 0. The third-order valence-electron chi connectivity index (χ3n) is 2.80. The fraction of sp³-hybridized carbons (Fsp3) is 0.0667. The van der Waals surface area contributed by atoms with E-state index in [1.54, 1.807) is 0 Å². The highest BCUT2D eigenvalue weighted by Gasteiger charge is 2.15. The van der Waals surface area contributed by atoms with Gasteiger partial charge in [0.2, 0.25) is 0 Å². The Morgan fingerprint density at radius 2 is 1.82 bits per heavy atom. The number of ether oxygens (including phenoxy) is 1. The number of fused-ring (bicyclic) bond motifs is 1. The molecule has 0 N–H and O–H groups in total. The molecule has 0 aliphatic carbocycles. The van der Waals surface area contributed by atoms with Gasteiger partial charge in [0.15, 0.2) is 0 Å². The molecule has 2 heteroatoms. The zero-order valence-electron chi connectivity index (χ0n) is 9.14. The Labute approximate surface area is 109 Å². The first kappa shape index (κ1) is 10.6. The van der Waals surface area contributed by atoms with Gasteiger partial charge in [-0.05, 0) is 29.8 Å². The number of halogens is 1. The van der Waals surface area contributed by atoms with Gasteiger partial charge in [-0.2, -0.15) is 0 Å². The van der Waals surface area contributed by atoms with Crippen molar-refractivity contribution >= 4 is 22.0 Å². The van der Waals surface area contributed by atoms with Gasteiger partial charge in [-0.15, -0.1) is 0 Å². The van der Waals surface area contributed by atoms with Crippen LogP contribution in [0.1, 0.15) is 17.2 Å². The molecule has 2 aromatic rings. The number of benzene rings is 2. The zero-order chi connectivity index (χ0) is 11.7. The molecule has 1 unspecified atom stereocenters. The monoisotopic (exact) mass is 286 g/mol. The van der Waals surface area contributed by atoms with Crippen molar-refractivity contribution < 1.29 is 4.74 Å². The molecule has 3 rings (SSSR count). The van der Waals surface area contributed by atoms with Crippen LogP contribution in [0.2, 0.25) is 0 Å². The number of rotatable bonds is 1. The second kappa shape index (κ2) is 4.38. The summed E-state index contributed by atoms with van der Waals surface area (Å²) < 4.78 is 7.04. The molecule has 1 aliphatic rings. The first-order valence-electron chi connectivity index (χ1n) is 5.52. The summed E-state index contributed by atoms with van der Waals surface area (Å²) in [5.74, 6) is 0.935. The Bertz CT molecular complexity index is 560. The van der Waals surface area contributed by atoms with Crippen LogP contribution in [-0.4, -0.2) is 0 Å². The smallest absolute Gasteiger partial charge is 0.142 e. The van der Waals surface area contributed by atoms with Gasteiger partial charge in [-0.3, -0.25) is 0 Å². The largest absolute Gasteiger partial charge is 0.481 e. The van der Waals surface area contributed by atoms with Gasteiger partial charge in [0, 0.05) is 10.0 Å². The van der Waals surface area contributed by atoms with Crippen molar-refractivity contribution in [1.82, 2.24) is 0 Å². The summed E-state index contributed by atoms with van der Waals surface area (Å²) in [5, 5.41) is 0. The van der Waals surface area contributed by atoms with Crippen LogP contribution in [0.5, 0.6) is 5.75 Å². The van der Waals surface area contributed by atoms with Gasteiger partial charge < -0.3 is 4.74 Å². The number of hydrogen-bond acceptors (Lipinski definition) is 1. The highest BCUT2D eigenvalue weighted by atomic mass is 79.9. The fourth-order valence-electron chi connectivity index (χ4n) is 1.95. The molecule has 1 nitrogen and oxygen atoms in total. The molecule has 0 bridgehead atoms. The van der Waals surface area contributed by atoms with Crippen molar-refractivity contribution in [1.29, 1.82) is 0 Å². The van der Waals surface area contributed by atoms with E-state index in [0.29, 0.717) is 0 Å². The molecule has 84 valence electrons. The minimum atomic E-state index is 0.0184. The third-order valence-corrected chi connectivity index (χ3v) is 3.30. The lowest BCUT2D eigenvalue weighted by atomic mass is 10.0. The van der Waals surface area contributed by atoms with E-state index in [0.717, 1.165) is 15.8 Å². The maximum absolute atomic E-state index is 5.97. The SMILES string of the molecule is Brc1ccc2c(c1)C=CC(c1ccccc1)O2. The Morgan fingerprint density at radius 3 is 2.65 bits per heavy atom. The third kappa shape index (κ3) is 2.13. The molecule has 1 atom stereocenters. The average molecular weight is 287 g/mol. The van der Waals surface area contributed by atoms with Gasteiger partial charge >= 0.3 is 0 Å². The predicted molar refractivity (Wildman–Crippen MR) is 73.0 cm³/mol. The van der Waals surface area contributed by atoms with Crippen molar-refractivity contribution in [3.05, 3.63) is 70.2 Å². The van der Waals surface area contributed by atoms with E-state index in [2.05, 4.69) is 46.3 Å². The summed E-state index contributed by atoms with van der Waals surface area (Å²) in [6.07, 6.45) is 4.22. The quantitative estimate of drug-likeness (QED) is 0.745. The molecule has 0 saturated heterocycles. The van der Waals surface area contributed by atoms with Crippen LogP contribution in [0, 0.1) is 0 Å². The Hall–Kier alpha value is -1.54. The zero-order valence-corrected chi connectivity index (χ0v) is 10.7. The van der Waals surface area contributed by atoms with Crippen LogP contribution in [0.15, 0.2) is 59.1 Å². The molecular formula is C15H11BrO. The normalized spacial score (nSPS) is 17.4. The first-order valence-corrected chi connectivity index (χ1v) is 6.31. The highest BCUT2D eigenvalue weighted by molar-refractivity contribution is 9.10. The van der Waals surface area contributed by atoms with Gasteiger partial charge in [-0.25, -0.2) is 0 Å². The second-order valence-corrected chi connectivity index (χ2v) is 4.91. The summed E-state index contributed by atoms with van der Waals surface area (Å²) >= 11 is 3.46. The average Bonchev–Trinajstić information content (AvgIpc) is 2.39. The highest BCUT2D eigenvalue weighted by Crippen LogP contribution is 2.33. The number of hydrogen-bond donors (Lipinski definition) is 0. The molecule has 0 saturated carbocycles. The summed E-state index contributed by atoms with van der Waals surface area (Å²) in [5.41, 5.74) is 2.30. The molecule has 2 aromatic carbocycles. The molecule has 0 fully saturated rings. The van der Waals surface area contributed by atoms with E-state index in [1.165, 1.54) is 5.56 Å². The fourth-order valence-corrected chi connectivity index (χ4v) is 2.32. The van der Waals surface area contributed by atoms with E-state index in [4.69, 9.17) is 4.74 Å². The Balaban J connectivity index is 1.94. The Kier molecular flexibility index (Phi) is 2.73. The van der Waals surface area contributed by atoms with Crippen molar-refractivity contribution in [2.75, 3.05) is 0 Å². The van der Waals surface area contributed by atoms with Crippen LogP contribution in [-0.2, 0) is 0 Å². The first-order chi connectivity index (χ1) is 8.33. The molecule has 1 aliphatic heterocycles. The maximum Gasteiger partial charge on any atom is 0.142 e. The van der Waals surface area contributed by atoms with E-state index >= 15 is 0 Å². The van der Waals surface area contributed by atoms with Gasteiger partial charge in [0.1, 0.15) is 11.9 Å². The lowest BCUT2D eigenvalue weighted by Crippen LogP contribution is -2.08. The minimum absolute atomic E-state index is 0.0184. The van der Waals surface area contributed by atoms with E-state index in [1.807, 2.05) is 30.3 Å². The van der Waals surface area contributed by atoms with Crippen molar-refractivity contribution in [3.8, 4) is 5.75 Å². The van der Waals surface area contributed by atoms with Crippen LogP contribution >= 0.6 is 15.9 Å². The van der Waals surface area contributed by atoms with Crippen molar-refractivity contribution in [3.63, 3.8) is 0 Å².